The second-order valence-electron chi connectivity index (χ2n) is 4.63. The highest BCUT2D eigenvalue weighted by molar-refractivity contribution is 7.17. The number of hydrogen-bond donors (Lipinski definition) is 1. The van der Waals surface area contributed by atoms with Crippen LogP contribution in [0.1, 0.15) is 9.80 Å². The van der Waals surface area contributed by atoms with Gasteiger partial charge < -0.3 is 5.11 Å². The first-order valence-electron chi connectivity index (χ1n) is 6.41. The highest BCUT2D eigenvalue weighted by Gasteiger charge is 2.20. The molecule has 0 aliphatic heterocycles. The monoisotopic (exact) mass is 383 g/mol. The number of carboxylic acids is 1. The van der Waals surface area contributed by atoms with Gasteiger partial charge in [0.1, 0.15) is 0 Å². The molecule has 1 N–H and O–H groups in total. The van der Waals surface area contributed by atoms with Crippen LogP contribution in [0.4, 0.5) is 0 Å². The molecule has 0 bridgehead atoms. The van der Waals surface area contributed by atoms with Crippen molar-refractivity contribution in [3.8, 4) is 21.7 Å². The topological polar surface area (TPSA) is 50.2 Å². The van der Waals surface area contributed by atoms with Crippen LogP contribution in [0.2, 0.25) is 15.1 Å². The van der Waals surface area contributed by atoms with Gasteiger partial charge in [0, 0.05) is 21.2 Å². The average molecular weight is 385 g/mol. The molecule has 0 unspecified atom stereocenters. The summed E-state index contributed by atoms with van der Waals surface area (Å²) >= 11 is 19.2. The minimum Gasteiger partial charge on any atom is -0.476 e. The number of aromatic nitrogens is 1. The van der Waals surface area contributed by atoms with E-state index in [4.69, 9.17) is 34.8 Å². The second-order valence-corrected chi connectivity index (χ2v) is 6.91. The van der Waals surface area contributed by atoms with Gasteiger partial charge in [0.2, 0.25) is 5.01 Å². The largest absolute Gasteiger partial charge is 0.476 e. The summed E-state index contributed by atoms with van der Waals surface area (Å²) in [6, 6.07) is 12.1. The van der Waals surface area contributed by atoms with E-state index in [1.807, 2.05) is 0 Å². The predicted molar refractivity (Wildman–Crippen MR) is 95.0 cm³/mol. The molecule has 7 heteroatoms. The first-order chi connectivity index (χ1) is 11.0. The van der Waals surface area contributed by atoms with E-state index >= 15 is 0 Å². The standard InChI is InChI=1S/C16H8Cl3NO2S/c17-9-3-1-8(2-4-9)13-14(23-15(20-13)16(21)22)11-6-5-10(18)7-12(11)19/h1-7H,(H,21,22). The number of halogens is 3. The molecule has 1 aromatic heterocycles. The van der Waals surface area contributed by atoms with Crippen LogP contribution in [0.15, 0.2) is 42.5 Å². The molecule has 116 valence electrons. The molecule has 0 saturated heterocycles. The highest BCUT2D eigenvalue weighted by atomic mass is 35.5. The Hall–Kier alpha value is -1.59. The van der Waals surface area contributed by atoms with Gasteiger partial charge in [-0.25, -0.2) is 9.78 Å². The van der Waals surface area contributed by atoms with Crippen LogP contribution < -0.4 is 0 Å². The number of benzene rings is 2. The molecule has 0 aliphatic carbocycles. The van der Waals surface area contributed by atoms with Crippen LogP contribution in [0.25, 0.3) is 21.7 Å². The molecule has 0 saturated carbocycles. The lowest BCUT2D eigenvalue weighted by atomic mass is 10.1. The summed E-state index contributed by atoms with van der Waals surface area (Å²) in [6.45, 7) is 0. The predicted octanol–water partition coefficient (Wildman–Crippen LogP) is 6.14. The van der Waals surface area contributed by atoms with Crippen molar-refractivity contribution >= 4 is 52.1 Å². The molecule has 3 nitrogen and oxygen atoms in total. The zero-order valence-electron chi connectivity index (χ0n) is 11.4. The van der Waals surface area contributed by atoms with Gasteiger partial charge in [-0.3, -0.25) is 0 Å². The zero-order chi connectivity index (χ0) is 16.6. The molecule has 0 aliphatic rings. The summed E-state index contributed by atoms with van der Waals surface area (Å²) in [4.78, 5) is 16.2. The lowest BCUT2D eigenvalue weighted by molar-refractivity contribution is 0.0696. The van der Waals surface area contributed by atoms with Gasteiger partial charge in [0.15, 0.2) is 0 Å². The van der Waals surface area contributed by atoms with E-state index in [0.717, 1.165) is 16.9 Å². The molecular weight excluding hydrogens is 377 g/mol. The van der Waals surface area contributed by atoms with Crippen LogP contribution in [0.3, 0.4) is 0 Å². The molecule has 0 atom stereocenters. The smallest absolute Gasteiger partial charge is 0.365 e. The second kappa shape index (κ2) is 6.49. The van der Waals surface area contributed by atoms with Crippen LogP contribution >= 0.6 is 46.1 Å². The first kappa shape index (κ1) is 16.3. The summed E-state index contributed by atoms with van der Waals surface area (Å²) in [6.07, 6.45) is 0. The van der Waals surface area contributed by atoms with E-state index in [1.54, 1.807) is 42.5 Å². The minimum absolute atomic E-state index is 0.00373. The zero-order valence-corrected chi connectivity index (χ0v) is 14.5. The van der Waals surface area contributed by atoms with E-state index in [0.29, 0.717) is 31.2 Å². The van der Waals surface area contributed by atoms with Crippen molar-refractivity contribution in [1.82, 2.24) is 4.98 Å². The van der Waals surface area contributed by atoms with Crippen LogP contribution in [0.5, 0.6) is 0 Å². The fourth-order valence-electron chi connectivity index (χ4n) is 2.07. The molecule has 3 rings (SSSR count). The van der Waals surface area contributed by atoms with Gasteiger partial charge in [0.25, 0.3) is 0 Å². The van der Waals surface area contributed by atoms with Gasteiger partial charge in [-0.05, 0) is 24.3 Å². The summed E-state index contributed by atoms with van der Waals surface area (Å²) < 4.78 is 0. The van der Waals surface area contributed by atoms with Gasteiger partial charge in [-0.1, -0.05) is 53.0 Å². The van der Waals surface area contributed by atoms with Crippen molar-refractivity contribution in [1.29, 1.82) is 0 Å². The number of carboxylic acid groups (broad SMARTS) is 1. The Morgan fingerprint density at radius 1 is 1.00 bits per heavy atom. The first-order valence-corrected chi connectivity index (χ1v) is 8.36. The van der Waals surface area contributed by atoms with Crippen molar-refractivity contribution < 1.29 is 9.90 Å². The third kappa shape index (κ3) is 3.35. The van der Waals surface area contributed by atoms with E-state index in [1.165, 1.54) is 0 Å². The molecule has 0 spiro atoms. The molecular formula is C16H8Cl3NO2S. The Morgan fingerprint density at radius 3 is 2.26 bits per heavy atom. The van der Waals surface area contributed by atoms with Crippen molar-refractivity contribution in [2.45, 2.75) is 0 Å². The lowest BCUT2D eigenvalue weighted by Gasteiger charge is -2.05. The molecule has 0 radical (unpaired) electrons. The van der Waals surface area contributed by atoms with Crippen molar-refractivity contribution in [3.63, 3.8) is 0 Å². The van der Waals surface area contributed by atoms with E-state index in [9.17, 15) is 9.90 Å². The van der Waals surface area contributed by atoms with E-state index < -0.39 is 5.97 Å². The Bertz CT molecular complexity index is 891. The van der Waals surface area contributed by atoms with Crippen LogP contribution in [-0.4, -0.2) is 16.1 Å². The van der Waals surface area contributed by atoms with Crippen LogP contribution in [-0.2, 0) is 0 Å². The fraction of sp³-hybridized carbons (Fsp3) is 0. The number of rotatable bonds is 3. The normalized spacial score (nSPS) is 10.7. The minimum atomic E-state index is -1.08. The number of aromatic carboxylic acids is 1. The van der Waals surface area contributed by atoms with E-state index in [-0.39, 0.29) is 5.01 Å². The third-order valence-electron chi connectivity index (χ3n) is 3.10. The van der Waals surface area contributed by atoms with Crippen molar-refractivity contribution in [3.05, 3.63) is 62.5 Å². The Labute approximate surface area is 151 Å². The molecule has 1 heterocycles. The fourth-order valence-corrected chi connectivity index (χ4v) is 3.72. The SMILES string of the molecule is O=C(O)c1nc(-c2ccc(Cl)cc2)c(-c2ccc(Cl)cc2Cl)s1. The quantitative estimate of drug-likeness (QED) is 0.590. The third-order valence-corrected chi connectivity index (χ3v) is 4.98. The average Bonchev–Trinajstić information content (AvgIpc) is 2.93. The summed E-state index contributed by atoms with van der Waals surface area (Å²) in [5, 5.41) is 10.8. The number of thiazole rings is 1. The highest BCUT2D eigenvalue weighted by Crippen LogP contribution is 2.41. The van der Waals surface area contributed by atoms with Gasteiger partial charge in [-0.15, -0.1) is 11.3 Å². The lowest BCUT2D eigenvalue weighted by Crippen LogP contribution is -1.94. The van der Waals surface area contributed by atoms with Crippen molar-refractivity contribution in [2.75, 3.05) is 0 Å². The molecule has 23 heavy (non-hydrogen) atoms. The van der Waals surface area contributed by atoms with E-state index in [2.05, 4.69) is 4.98 Å². The number of carbonyl (C=O) groups is 1. The number of hydrogen-bond acceptors (Lipinski definition) is 3. The summed E-state index contributed by atoms with van der Waals surface area (Å²) in [5.74, 6) is -1.08. The van der Waals surface area contributed by atoms with Crippen molar-refractivity contribution in [2.24, 2.45) is 0 Å². The summed E-state index contributed by atoms with van der Waals surface area (Å²) in [5.41, 5.74) is 2.00. The molecule has 2 aromatic carbocycles. The Balaban J connectivity index is 2.22. The number of nitrogens with zero attached hydrogens (tertiary/aromatic N) is 1. The maximum Gasteiger partial charge on any atom is 0.365 e. The molecule has 0 fully saturated rings. The maximum atomic E-state index is 11.3. The Kier molecular flexibility index (Phi) is 4.60. The maximum absolute atomic E-state index is 11.3. The summed E-state index contributed by atoms with van der Waals surface area (Å²) in [7, 11) is 0. The van der Waals surface area contributed by atoms with Gasteiger partial charge in [0.05, 0.1) is 15.6 Å². The van der Waals surface area contributed by atoms with Gasteiger partial charge in [-0.2, -0.15) is 0 Å². The molecule has 3 aromatic rings. The van der Waals surface area contributed by atoms with Gasteiger partial charge >= 0.3 is 5.97 Å². The Morgan fingerprint density at radius 2 is 1.65 bits per heavy atom. The molecule has 0 amide bonds. The van der Waals surface area contributed by atoms with Crippen LogP contribution in [0, 0.1) is 0 Å².